The zero-order valence-corrected chi connectivity index (χ0v) is 10.9. The van der Waals surface area contributed by atoms with E-state index in [4.69, 9.17) is 5.73 Å². The van der Waals surface area contributed by atoms with Gasteiger partial charge in [-0.1, -0.05) is 33.6 Å². The van der Waals surface area contributed by atoms with Gasteiger partial charge in [-0.2, -0.15) is 0 Å². The van der Waals surface area contributed by atoms with Crippen LogP contribution in [0.4, 0.5) is 0 Å². The summed E-state index contributed by atoms with van der Waals surface area (Å²) < 4.78 is 0. The summed E-state index contributed by atoms with van der Waals surface area (Å²) in [6.07, 6.45) is 4.54. The van der Waals surface area contributed by atoms with Crippen LogP contribution >= 0.6 is 0 Å². The van der Waals surface area contributed by atoms with Gasteiger partial charge >= 0.3 is 0 Å². The highest BCUT2D eigenvalue weighted by molar-refractivity contribution is 5.82. The lowest BCUT2D eigenvalue weighted by atomic mass is 9.93. The van der Waals surface area contributed by atoms with Crippen LogP contribution in [0.1, 0.15) is 46.5 Å². The highest BCUT2D eigenvalue weighted by Crippen LogP contribution is 2.20. The average Bonchev–Trinajstić information content (AvgIpc) is 2.36. The Hall–Kier alpha value is -0.570. The molecule has 0 radical (unpaired) electrons. The first kappa shape index (κ1) is 13.5. The molecule has 0 aliphatic carbocycles. The number of amides is 1. The number of carbonyl (C=O) groups is 1. The third-order valence-electron chi connectivity index (χ3n) is 3.95. The summed E-state index contributed by atoms with van der Waals surface area (Å²) in [4.78, 5) is 14.1. The zero-order chi connectivity index (χ0) is 12.1. The molecule has 1 saturated heterocycles. The minimum absolute atomic E-state index is 0.160. The van der Waals surface area contributed by atoms with E-state index in [0.29, 0.717) is 5.92 Å². The van der Waals surface area contributed by atoms with Gasteiger partial charge in [0.05, 0.1) is 6.04 Å². The van der Waals surface area contributed by atoms with Crippen molar-refractivity contribution >= 4 is 5.91 Å². The van der Waals surface area contributed by atoms with E-state index in [-0.39, 0.29) is 17.9 Å². The molecule has 1 rings (SSSR count). The van der Waals surface area contributed by atoms with Crippen molar-refractivity contribution in [3.63, 3.8) is 0 Å². The Labute approximate surface area is 99.4 Å². The molecule has 1 aliphatic heterocycles. The molecule has 1 amide bonds. The fourth-order valence-corrected chi connectivity index (χ4v) is 2.31. The number of carbonyl (C=O) groups excluding carboxylic acids is 1. The van der Waals surface area contributed by atoms with Gasteiger partial charge in [0.15, 0.2) is 0 Å². The zero-order valence-electron chi connectivity index (χ0n) is 10.9. The van der Waals surface area contributed by atoms with Crippen LogP contribution in [0.3, 0.4) is 0 Å². The number of likely N-dealkylation sites (tertiary alicyclic amines) is 1. The Morgan fingerprint density at radius 3 is 2.75 bits per heavy atom. The summed E-state index contributed by atoms with van der Waals surface area (Å²) in [5.41, 5.74) is 6.00. The molecule has 3 heteroatoms. The maximum atomic E-state index is 12.2. The first-order chi connectivity index (χ1) is 7.60. The highest BCUT2D eigenvalue weighted by atomic mass is 16.2. The van der Waals surface area contributed by atoms with Crippen LogP contribution < -0.4 is 5.73 Å². The molecule has 94 valence electrons. The van der Waals surface area contributed by atoms with Crippen molar-refractivity contribution in [2.75, 3.05) is 13.1 Å². The smallest absolute Gasteiger partial charge is 0.239 e. The summed E-state index contributed by atoms with van der Waals surface area (Å²) >= 11 is 0. The molecule has 2 N–H and O–H groups in total. The lowest BCUT2D eigenvalue weighted by molar-refractivity contribution is -0.135. The van der Waals surface area contributed by atoms with E-state index in [1.165, 1.54) is 12.8 Å². The highest BCUT2D eigenvalue weighted by Gasteiger charge is 2.28. The summed E-state index contributed by atoms with van der Waals surface area (Å²) in [7, 11) is 0. The van der Waals surface area contributed by atoms with Gasteiger partial charge in [-0.25, -0.2) is 0 Å². The van der Waals surface area contributed by atoms with Crippen molar-refractivity contribution in [1.29, 1.82) is 0 Å². The first-order valence-electron chi connectivity index (χ1n) is 6.64. The molecule has 0 saturated carbocycles. The fraction of sp³-hybridized carbons (Fsp3) is 0.923. The first-order valence-corrected chi connectivity index (χ1v) is 6.64. The lowest BCUT2D eigenvalue weighted by Gasteiger charge is -2.35. The Balaban J connectivity index is 2.52. The van der Waals surface area contributed by atoms with E-state index in [2.05, 4.69) is 20.8 Å². The Bertz CT molecular complexity index is 230. The third-order valence-corrected chi connectivity index (χ3v) is 3.95. The Morgan fingerprint density at radius 1 is 1.50 bits per heavy atom. The predicted octanol–water partition coefficient (Wildman–Crippen LogP) is 2.01. The molecular formula is C13H26N2O. The van der Waals surface area contributed by atoms with Gasteiger partial charge in [-0.3, -0.25) is 4.79 Å². The molecule has 1 fully saturated rings. The fourth-order valence-electron chi connectivity index (χ4n) is 2.31. The SMILES string of the molecule is CCC1CCCN(C(=O)C(N)C(C)CC)C1. The second kappa shape index (κ2) is 6.24. The van der Waals surface area contributed by atoms with Gasteiger partial charge < -0.3 is 10.6 Å². The predicted molar refractivity (Wildman–Crippen MR) is 67.0 cm³/mol. The van der Waals surface area contributed by atoms with Crippen molar-refractivity contribution < 1.29 is 4.79 Å². The monoisotopic (exact) mass is 226 g/mol. The molecular weight excluding hydrogens is 200 g/mol. The van der Waals surface area contributed by atoms with Crippen LogP contribution in [0.2, 0.25) is 0 Å². The van der Waals surface area contributed by atoms with Crippen LogP contribution in [0.5, 0.6) is 0 Å². The average molecular weight is 226 g/mol. The van der Waals surface area contributed by atoms with Crippen LogP contribution in [-0.4, -0.2) is 29.9 Å². The minimum atomic E-state index is -0.305. The minimum Gasteiger partial charge on any atom is -0.341 e. The van der Waals surface area contributed by atoms with Gasteiger partial charge in [0.2, 0.25) is 5.91 Å². The third kappa shape index (κ3) is 3.21. The number of hydrogen-bond acceptors (Lipinski definition) is 2. The van der Waals surface area contributed by atoms with Gasteiger partial charge in [-0.15, -0.1) is 0 Å². The molecule has 3 nitrogen and oxygen atoms in total. The molecule has 16 heavy (non-hydrogen) atoms. The summed E-state index contributed by atoms with van der Waals surface area (Å²) in [5.74, 6) is 1.13. The molecule has 1 aliphatic rings. The lowest BCUT2D eigenvalue weighted by Crippen LogP contribution is -2.50. The van der Waals surface area contributed by atoms with E-state index < -0.39 is 0 Å². The quantitative estimate of drug-likeness (QED) is 0.797. The maximum Gasteiger partial charge on any atom is 0.239 e. The summed E-state index contributed by atoms with van der Waals surface area (Å²) in [6.45, 7) is 8.17. The second-order valence-corrected chi connectivity index (χ2v) is 5.11. The van der Waals surface area contributed by atoms with Crippen molar-refractivity contribution in [3.05, 3.63) is 0 Å². The van der Waals surface area contributed by atoms with E-state index in [0.717, 1.165) is 25.9 Å². The van der Waals surface area contributed by atoms with Crippen LogP contribution in [0.25, 0.3) is 0 Å². The molecule has 0 aromatic rings. The number of hydrogen-bond donors (Lipinski definition) is 1. The Morgan fingerprint density at radius 2 is 2.19 bits per heavy atom. The second-order valence-electron chi connectivity index (χ2n) is 5.11. The van der Waals surface area contributed by atoms with Gasteiger partial charge in [-0.05, 0) is 24.7 Å². The normalized spacial score (nSPS) is 25.2. The number of piperidine rings is 1. The molecule has 1 heterocycles. The Kier molecular flexibility index (Phi) is 5.26. The van der Waals surface area contributed by atoms with Crippen molar-refractivity contribution in [3.8, 4) is 0 Å². The van der Waals surface area contributed by atoms with Crippen LogP contribution in [0.15, 0.2) is 0 Å². The molecule has 3 atom stereocenters. The maximum absolute atomic E-state index is 12.2. The van der Waals surface area contributed by atoms with Gasteiger partial charge in [0.1, 0.15) is 0 Å². The largest absolute Gasteiger partial charge is 0.341 e. The summed E-state index contributed by atoms with van der Waals surface area (Å²) in [6, 6.07) is -0.305. The molecule has 3 unspecified atom stereocenters. The standard InChI is InChI=1S/C13H26N2O/c1-4-10(3)12(14)13(16)15-8-6-7-11(5-2)9-15/h10-12H,4-9,14H2,1-3H3. The number of nitrogens with two attached hydrogens (primary N) is 1. The van der Waals surface area contributed by atoms with E-state index in [1.54, 1.807) is 0 Å². The topological polar surface area (TPSA) is 46.3 Å². The number of rotatable bonds is 4. The van der Waals surface area contributed by atoms with Crippen molar-refractivity contribution in [2.24, 2.45) is 17.6 Å². The van der Waals surface area contributed by atoms with E-state index >= 15 is 0 Å². The van der Waals surface area contributed by atoms with E-state index in [9.17, 15) is 4.79 Å². The van der Waals surface area contributed by atoms with Crippen molar-refractivity contribution in [2.45, 2.75) is 52.5 Å². The summed E-state index contributed by atoms with van der Waals surface area (Å²) in [5, 5.41) is 0. The van der Waals surface area contributed by atoms with Crippen LogP contribution in [0, 0.1) is 11.8 Å². The number of nitrogens with zero attached hydrogens (tertiary/aromatic N) is 1. The van der Waals surface area contributed by atoms with E-state index in [1.807, 2.05) is 4.90 Å². The van der Waals surface area contributed by atoms with Gasteiger partial charge in [0.25, 0.3) is 0 Å². The molecule has 0 aromatic carbocycles. The van der Waals surface area contributed by atoms with Gasteiger partial charge in [0, 0.05) is 13.1 Å². The molecule has 0 aromatic heterocycles. The molecule has 0 spiro atoms. The van der Waals surface area contributed by atoms with Crippen LogP contribution in [-0.2, 0) is 4.79 Å². The molecule has 0 bridgehead atoms. The van der Waals surface area contributed by atoms with Crippen molar-refractivity contribution in [1.82, 2.24) is 4.90 Å².